The van der Waals surface area contributed by atoms with E-state index in [1.807, 2.05) is 57.4 Å². The van der Waals surface area contributed by atoms with E-state index in [4.69, 9.17) is 5.10 Å². The molecule has 204 valence electrons. The largest absolute Gasteiger partial charge is 0.583 e. The fourth-order valence-electron chi connectivity index (χ4n) is 6.12. The molecule has 0 radical (unpaired) electrons. The fraction of sp³-hybridized carbons (Fsp3) is 0.355. The summed E-state index contributed by atoms with van der Waals surface area (Å²) in [5.74, 6) is -1.33. The first-order valence-corrected chi connectivity index (χ1v) is 13.4. The molecular formula is C31H31F3N6+2. The van der Waals surface area contributed by atoms with Gasteiger partial charge in [0.1, 0.15) is 5.69 Å². The molecule has 0 N–H and O–H groups in total. The lowest BCUT2D eigenvalue weighted by atomic mass is 9.86. The minimum atomic E-state index is -4.60. The van der Waals surface area contributed by atoms with Gasteiger partial charge in [-0.15, -0.1) is 9.36 Å². The number of fused-ring (bicyclic) bond motifs is 12. The van der Waals surface area contributed by atoms with Crippen LogP contribution in [0.5, 0.6) is 0 Å². The lowest BCUT2D eigenvalue weighted by molar-refractivity contribution is -0.990. The highest BCUT2D eigenvalue weighted by atomic mass is 19.4. The van der Waals surface area contributed by atoms with E-state index in [9.17, 15) is 13.2 Å². The molecule has 0 amide bonds. The van der Waals surface area contributed by atoms with Gasteiger partial charge in [-0.1, -0.05) is 62.8 Å². The molecular weight excluding hydrogens is 513 g/mol. The topological polar surface area (TPSA) is 43.4 Å². The van der Waals surface area contributed by atoms with Gasteiger partial charge < -0.3 is 0 Å². The van der Waals surface area contributed by atoms with Crippen molar-refractivity contribution in [1.82, 2.24) is 19.6 Å². The van der Waals surface area contributed by atoms with E-state index >= 15 is 0 Å². The van der Waals surface area contributed by atoms with Crippen molar-refractivity contribution in [3.8, 4) is 22.8 Å². The molecule has 0 saturated carbocycles. The second-order valence-electron chi connectivity index (χ2n) is 13.0. The minimum absolute atomic E-state index is 0.0701. The Hall–Kier alpha value is -4.01. The first kappa shape index (κ1) is 25.0. The van der Waals surface area contributed by atoms with Crippen LogP contribution in [0.1, 0.15) is 64.1 Å². The van der Waals surface area contributed by atoms with Crippen LogP contribution in [0.3, 0.4) is 0 Å². The number of nitrogens with zero attached hydrogens (tertiary/aromatic N) is 6. The number of halogens is 3. The molecule has 2 aliphatic rings. The lowest BCUT2D eigenvalue weighted by Gasteiger charge is -2.20. The van der Waals surface area contributed by atoms with Crippen molar-refractivity contribution in [2.75, 3.05) is 0 Å². The summed E-state index contributed by atoms with van der Waals surface area (Å²) in [7, 11) is 0. The molecule has 4 aromatic heterocycles. The number of pyridine rings is 2. The van der Waals surface area contributed by atoms with Gasteiger partial charge in [-0.3, -0.25) is 0 Å². The quantitative estimate of drug-likeness (QED) is 0.223. The van der Waals surface area contributed by atoms with Crippen LogP contribution in [0.15, 0.2) is 60.9 Å². The normalized spacial score (nSPS) is 17.9. The third-order valence-electron chi connectivity index (χ3n) is 8.19. The summed E-state index contributed by atoms with van der Waals surface area (Å²) in [6, 6.07) is 15.5. The van der Waals surface area contributed by atoms with Crippen molar-refractivity contribution in [1.29, 1.82) is 0 Å². The molecule has 6 heterocycles. The van der Waals surface area contributed by atoms with Crippen LogP contribution in [0.2, 0.25) is 0 Å². The highest BCUT2D eigenvalue weighted by Crippen LogP contribution is 2.43. The molecule has 0 saturated heterocycles. The summed E-state index contributed by atoms with van der Waals surface area (Å²) in [6.45, 7) is 14.8. The number of alkyl halides is 3. The van der Waals surface area contributed by atoms with Gasteiger partial charge in [0.25, 0.3) is 0 Å². The molecule has 5 aromatic rings. The smallest absolute Gasteiger partial charge is 0.164 e. The first-order chi connectivity index (χ1) is 18.6. The lowest BCUT2D eigenvalue weighted by Crippen LogP contribution is -2.77. The fourth-order valence-corrected chi connectivity index (χ4v) is 6.12. The maximum atomic E-state index is 14.2. The summed E-state index contributed by atoms with van der Waals surface area (Å²) in [5.41, 5.74) is 4.68. The Morgan fingerprint density at radius 2 is 1.38 bits per heavy atom. The Morgan fingerprint density at radius 3 is 2.05 bits per heavy atom. The Labute approximate surface area is 230 Å². The highest BCUT2D eigenvalue weighted by molar-refractivity contribution is 5.93. The summed E-state index contributed by atoms with van der Waals surface area (Å²) < 4.78 is 49.8. The summed E-state index contributed by atoms with van der Waals surface area (Å²) in [4.78, 5) is 0. The van der Waals surface area contributed by atoms with Crippen molar-refractivity contribution >= 4 is 10.8 Å². The van der Waals surface area contributed by atoms with Gasteiger partial charge in [-0.25, -0.2) is 0 Å². The number of hydrogen-bond donors (Lipinski definition) is 0. The third-order valence-corrected chi connectivity index (χ3v) is 8.19. The van der Waals surface area contributed by atoms with Gasteiger partial charge in [-0.05, 0) is 46.4 Å². The number of rotatable bonds is 0. The zero-order valence-corrected chi connectivity index (χ0v) is 23.6. The number of aryl methyl sites for hydroxylation is 1. The van der Waals surface area contributed by atoms with E-state index in [0.717, 1.165) is 45.0 Å². The molecule has 9 heteroatoms. The molecule has 0 bridgehead atoms. The Bertz CT molecular complexity index is 1880. The Morgan fingerprint density at radius 1 is 0.725 bits per heavy atom. The zero-order chi connectivity index (χ0) is 28.6. The maximum Gasteiger partial charge on any atom is 0.583 e. The van der Waals surface area contributed by atoms with Crippen LogP contribution < -0.4 is 9.13 Å². The molecule has 7 rings (SSSR count). The van der Waals surface area contributed by atoms with Gasteiger partial charge >= 0.3 is 12.1 Å². The highest BCUT2D eigenvalue weighted by Gasteiger charge is 2.70. The molecule has 1 spiro atoms. The molecule has 6 nitrogen and oxygen atoms in total. The maximum absolute atomic E-state index is 14.2. The Kier molecular flexibility index (Phi) is 4.61. The predicted octanol–water partition coefficient (Wildman–Crippen LogP) is 5.90. The molecule has 0 aliphatic carbocycles. The SMILES string of the molecule is Cc1cc2n(n1)C1(n3nc(C(F)(F)F)cc3-c3c4ccc(C(C)(C)C)cc4cc[n+]31)[n+]1ccc(C(C)(C)C)cc1-2. The first-order valence-electron chi connectivity index (χ1n) is 13.4. The second-order valence-corrected chi connectivity index (χ2v) is 13.0. The van der Waals surface area contributed by atoms with E-state index in [2.05, 4.69) is 64.8 Å². The molecule has 0 fully saturated rings. The van der Waals surface area contributed by atoms with E-state index in [1.165, 1.54) is 4.68 Å². The van der Waals surface area contributed by atoms with E-state index in [1.54, 1.807) is 0 Å². The van der Waals surface area contributed by atoms with E-state index < -0.39 is 17.8 Å². The van der Waals surface area contributed by atoms with Crippen LogP contribution in [0, 0.1) is 6.92 Å². The van der Waals surface area contributed by atoms with Crippen molar-refractivity contribution in [3.63, 3.8) is 0 Å². The second kappa shape index (κ2) is 7.38. The van der Waals surface area contributed by atoms with Gasteiger partial charge in [0.05, 0.1) is 11.1 Å². The van der Waals surface area contributed by atoms with Crippen LogP contribution in [-0.2, 0) is 22.9 Å². The van der Waals surface area contributed by atoms with E-state index in [-0.39, 0.29) is 10.8 Å². The monoisotopic (exact) mass is 544 g/mol. The average molecular weight is 545 g/mol. The van der Waals surface area contributed by atoms with E-state index in [0.29, 0.717) is 11.4 Å². The number of hydrogen-bond acceptors (Lipinski definition) is 2. The van der Waals surface area contributed by atoms with Gasteiger partial charge in [0.15, 0.2) is 23.8 Å². The molecule has 1 unspecified atom stereocenters. The third kappa shape index (κ3) is 3.11. The van der Waals surface area contributed by atoms with Crippen LogP contribution in [0.25, 0.3) is 33.5 Å². The van der Waals surface area contributed by atoms with Crippen molar-refractivity contribution < 1.29 is 22.3 Å². The Balaban J connectivity index is 1.63. The van der Waals surface area contributed by atoms with Gasteiger partial charge in [0, 0.05) is 24.3 Å². The van der Waals surface area contributed by atoms with Crippen LogP contribution in [-0.4, -0.2) is 19.6 Å². The van der Waals surface area contributed by atoms with Crippen molar-refractivity contribution in [3.05, 3.63) is 83.4 Å². The predicted molar refractivity (Wildman–Crippen MR) is 145 cm³/mol. The summed E-state index contributed by atoms with van der Waals surface area (Å²) in [6.07, 6.45) is -0.696. The molecule has 1 atom stereocenters. The van der Waals surface area contributed by atoms with Crippen molar-refractivity contribution in [2.45, 2.75) is 71.4 Å². The number of aromatic nitrogens is 6. The summed E-state index contributed by atoms with van der Waals surface area (Å²) in [5, 5.41) is 10.9. The standard InChI is InChI=1S/C31H31F3N6/c1-18-14-24-23-16-21(29(5,6)7)11-13-37(23)31(39(24)35-18)38-12-10-19-15-20(28(2,3)4)8-9-22(19)27(38)25-17-26(30(32,33)34)36-40(25)31/h8-17H,1-7H3/q+2. The van der Waals surface area contributed by atoms with Gasteiger partial charge in [0.2, 0.25) is 11.4 Å². The minimum Gasteiger partial charge on any atom is -0.164 e. The molecule has 1 aromatic carbocycles. The summed E-state index contributed by atoms with van der Waals surface area (Å²) >= 11 is 0. The van der Waals surface area contributed by atoms with Gasteiger partial charge in [-0.2, -0.15) is 23.4 Å². The number of benzene rings is 1. The average Bonchev–Trinajstić information content (AvgIpc) is 3.58. The molecule has 2 aliphatic heterocycles. The van der Waals surface area contributed by atoms with Crippen molar-refractivity contribution in [2.24, 2.45) is 0 Å². The zero-order valence-electron chi connectivity index (χ0n) is 23.6. The molecule has 40 heavy (non-hydrogen) atoms. The van der Waals surface area contributed by atoms with Crippen LogP contribution in [0.4, 0.5) is 13.2 Å². The van der Waals surface area contributed by atoms with Crippen LogP contribution >= 0.6 is 0 Å².